The van der Waals surface area contributed by atoms with E-state index in [2.05, 4.69) is 44.1 Å². The van der Waals surface area contributed by atoms with E-state index in [1.54, 1.807) is 0 Å². The number of rotatable bonds is 16. The summed E-state index contributed by atoms with van der Waals surface area (Å²) in [7, 11) is 0. The van der Waals surface area contributed by atoms with Gasteiger partial charge in [-0.1, -0.05) is 0 Å². The Bertz CT molecular complexity index is 1610. The maximum atomic E-state index is 13.7. The summed E-state index contributed by atoms with van der Waals surface area (Å²) < 4.78 is 18.6. The summed E-state index contributed by atoms with van der Waals surface area (Å²) in [5.74, 6) is -2.83. The maximum Gasteiger partial charge on any atom is 0.303 e. The minimum atomic E-state index is -1.15. The number of aliphatic hydroxyl groups excluding tert-OH is 3. The largest absolute Gasteiger partial charge is 0.462 e. The molecule has 21 heteroatoms. The van der Waals surface area contributed by atoms with Crippen molar-refractivity contribution in [3.8, 4) is 0 Å². The number of carbonyl (C=O) groups is 5. The van der Waals surface area contributed by atoms with Crippen molar-refractivity contribution >= 4 is 177 Å². The Balaban J connectivity index is 2.60. The SMILES string of the molecule is CC(=O)OCc1c(I)c(NNc2c(I)c(CO)c(I)c(C(=O)NCC(O)CO)c2I)c(I)c(C(=O)NCC(COC(C)=O)OC(C)=O)c1I. The highest BCUT2D eigenvalue weighted by Crippen LogP contribution is 2.39. The highest BCUT2D eigenvalue weighted by molar-refractivity contribution is 14.1. The fraction of sp³-hybridized carbons (Fsp3) is 0.393. The van der Waals surface area contributed by atoms with Crippen LogP contribution in [0.3, 0.4) is 0 Å². The zero-order valence-corrected chi connectivity index (χ0v) is 38.7. The molecule has 0 aliphatic carbocycles. The lowest BCUT2D eigenvalue weighted by molar-refractivity contribution is -0.155. The number of aliphatic hydroxyl groups is 3. The first kappa shape index (κ1) is 44.8. The van der Waals surface area contributed by atoms with E-state index in [1.165, 1.54) is 20.8 Å². The highest BCUT2D eigenvalue weighted by Gasteiger charge is 2.28. The van der Waals surface area contributed by atoms with Crippen molar-refractivity contribution in [2.45, 2.75) is 46.2 Å². The third-order valence-corrected chi connectivity index (χ3v) is 13.1. The van der Waals surface area contributed by atoms with E-state index in [1.807, 2.05) is 113 Å². The van der Waals surface area contributed by atoms with Gasteiger partial charge in [0.1, 0.15) is 13.2 Å². The Kier molecular flexibility index (Phi) is 19.5. The van der Waals surface area contributed by atoms with Gasteiger partial charge in [-0.25, -0.2) is 0 Å². The summed E-state index contributed by atoms with van der Waals surface area (Å²) in [6.45, 7) is 1.95. The smallest absolute Gasteiger partial charge is 0.303 e. The van der Waals surface area contributed by atoms with E-state index >= 15 is 0 Å². The lowest BCUT2D eigenvalue weighted by Crippen LogP contribution is -2.38. The van der Waals surface area contributed by atoms with Crippen LogP contribution in [-0.2, 0) is 41.8 Å². The molecule has 2 unspecified atom stereocenters. The Labute approximate surface area is 363 Å². The molecule has 2 amide bonds. The summed E-state index contributed by atoms with van der Waals surface area (Å²) in [5, 5.41) is 34.4. The maximum absolute atomic E-state index is 13.7. The third-order valence-electron chi connectivity index (χ3n) is 6.16. The molecule has 0 aliphatic heterocycles. The molecule has 0 fully saturated rings. The second kappa shape index (κ2) is 21.4. The molecular weight excluding hydrogens is 1330 g/mol. The lowest BCUT2D eigenvalue weighted by atomic mass is 10.1. The van der Waals surface area contributed by atoms with Gasteiger partial charge in [0.2, 0.25) is 0 Å². The summed E-state index contributed by atoms with van der Waals surface area (Å²) in [4.78, 5) is 61.6. The standard InChI is InChI=1S/C28H30I6N4O11/c1-10(41)47-8-14(49-12(3)43)5-36-28(46)18-20(30)16(9-48-11(2)42)22(32)26(24(18)34)38-37-25-21(31)15(7-40)19(29)17(23(25)33)27(45)35-4-13(44)6-39/h13-14,37-40,44H,4-9H2,1-3H3,(H,35,45)(H,36,46). The quantitative estimate of drug-likeness (QED) is 0.0554. The topological polar surface area (TPSA) is 222 Å². The van der Waals surface area contributed by atoms with Gasteiger partial charge in [-0.15, -0.1) is 0 Å². The van der Waals surface area contributed by atoms with E-state index in [4.69, 9.17) is 19.3 Å². The molecule has 15 nitrogen and oxygen atoms in total. The van der Waals surface area contributed by atoms with E-state index in [0.717, 1.165) is 0 Å². The van der Waals surface area contributed by atoms with Crippen molar-refractivity contribution < 1.29 is 53.5 Å². The van der Waals surface area contributed by atoms with Gasteiger partial charge in [-0.05, 0) is 136 Å². The number of nitrogens with one attached hydrogen (secondary N) is 4. The van der Waals surface area contributed by atoms with Crippen LogP contribution in [0.1, 0.15) is 52.6 Å². The van der Waals surface area contributed by atoms with Gasteiger partial charge < -0.3 is 40.2 Å². The van der Waals surface area contributed by atoms with Gasteiger partial charge >= 0.3 is 17.9 Å². The number of hydrogen-bond donors (Lipinski definition) is 7. The molecule has 270 valence electrons. The van der Waals surface area contributed by atoms with E-state index in [-0.39, 0.29) is 44.0 Å². The molecule has 0 bridgehead atoms. The Hall–Kier alpha value is -0.350. The number of benzene rings is 2. The van der Waals surface area contributed by atoms with Gasteiger partial charge in [-0.3, -0.25) is 34.8 Å². The number of anilines is 2. The Morgan fingerprint density at radius 2 is 1.12 bits per heavy atom. The number of esters is 3. The second-order valence-electron chi connectivity index (χ2n) is 9.82. The molecule has 0 aliphatic rings. The zero-order chi connectivity index (χ0) is 37.2. The van der Waals surface area contributed by atoms with Crippen LogP contribution >= 0.6 is 136 Å². The fourth-order valence-corrected chi connectivity index (χ4v) is 12.4. The van der Waals surface area contributed by atoms with Gasteiger partial charge in [0.15, 0.2) is 6.10 Å². The molecule has 0 saturated carbocycles. The number of ether oxygens (including phenoxy) is 3. The first-order chi connectivity index (χ1) is 23.0. The zero-order valence-electron chi connectivity index (χ0n) is 25.8. The summed E-state index contributed by atoms with van der Waals surface area (Å²) in [6.07, 6.45) is -2.10. The molecule has 2 atom stereocenters. The van der Waals surface area contributed by atoms with Gasteiger partial charge in [0.05, 0.1) is 55.5 Å². The summed E-state index contributed by atoms with van der Waals surface area (Å²) in [5.41, 5.74) is 8.57. The fourth-order valence-electron chi connectivity index (χ4n) is 3.85. The van der Waals surface area contributed by atoms with Crippen LogP contribution in [0.2, 0.25) is 0 Å². The average Bonchev–Trinajstić information content (AvgIpc) is 3.02. The Morgan fingerprint density at radius 1 is 0.653 bits per heavy atom. The lowest BCUT2D eigenvalue weighted by Gasteiger charge is -2.24. The molecule has 0 radical (unpaired) electrons. The van der Waals surface area contributed by atoms with Gasteiger partial charge in [0, 0.05) is 52.7 Å². The number of hydrazine groups is 1. The molecule has 0 spiro atoms. The number of hydrogen-bond acceptors (Lipinski definition) is 13. The van der Waals surface area contributed by atoms with Crippen LogP contribution in [0.4, 0.5) is 11.4 Å². The first-order valence-electron chi connectivity index (χ1n) is 13.8. The minimum Gasteiger partial charge on any atom is -0.462 e. The van der Waals surface area contributed by atoms with Crippen molar-refractivity contribution in [1.29, 1.82) is 0 Å². The van der Waals surface area contributed by atoms with Gasteiger partial charge in [0.25, 0.3) is 11.8 Å². The predicted molar refractivity (Wildman–Crippen MR) is 228 cm³/mol. The van der Waals surface area contributed by atoms with E-state index in [0.29, 0.717) is 43.9 Å². The van der Waals surface area contributed by atoms with E-state index in [9.17, 15) is 34.2 Å². The average molecular weight is 1360 g/mol. The van der Waals surface area contributed by atoms with Crippen LogP contribution < -0.4 is 21.5 Å². The predicted octanol–water partition coefficient (Wildman–Crippen LogP) is 3.62. The highest BCUT2D eigenvalue weighted by atomic mass is 127. The van der Waals surface area contributed by atoms with Crippen LogP contribution in [0.25, 0.3) is 0 Å². The number of carbonyl (C=O) groups excluding carboxylic acids is 5. The molecule has 2 aromatic carbocycles. The number of amides is 2. The van der Waals surface area contributed by atoms with Crippen LogP contribution in [0.15, 0.2) is 0 Å². The van der Waals surface area contributed by atoms with Crippen molar-refractivity contribution in [3.05, 3.63) is 43.7 Å². The normalized spacial score (nSPS) is 12.0. The third kappa shape index (κ3) is 12.6. The van der Waals surface area contributed by atoms with Crippen molar-refractivity contribution in [3.63, 3.8) is 0 Å². The second-order valence-corrected chi connectivity index (χ2v) is 16.3. The monoisotopic (exact) mass is 1360 g/mol. The van der Waals surface area contributed by atoms with E-state index < -0.39 is 48.5 Å². The molecule has 49 heavy (non-hydrogen) atoms. The van der Waals surface area contributed by atoms with Crippen LogP contribution in [0.5, 0.6) is 0 Å². The van der Waals surface area contributed by atoms with Crippen molar-refractivity contribution in [2.75, 3.05) is 37.2 Å². The molecule has 7 N–H and O–H groups in total. The van der Waals surface area contributed by atoms with Crippen molar-refractivity contribution in [2.24, 2.45) is 0 Å². The first-order valence-corrected chi connectivity index (χ1v) is 20.2. The summed E-state index contributed by atoms with van der Waals surface area (Å²) >= 11 is 12.1. The minimum absolute atomic E-state index is 0.155. The molecule has 2 aromatic rings. The van der Waals surface area contributed by atoms with Crippen LogP contribution in [0, 0.1) is 21.4 Å². The molecular formula is C28H30I6N4O11. The van der Waals surface area contributed by atoms with Gasteiger partial charge in [-0.2, -0.15) is 0 Å². The van der Waals surface area contributed by atoms with Crippen molar-refractivity contribution in [1.82, 2.24) is 10.6 Å². The van der Waals surface area contributed by atoms with Crippen LogP contribution in [-0.4, -0.2) is 83.6 Å². The molecule has 0 aromatic heterocycles. The Morgan fingerprint density at radius 3 is 1.57 bits per heavy atom. The number of halogens is 6. The molecule has 2 rings (SSSR count). The molecule has 0 heterocycles. The molecule has 0 saturated heterocycles. The summed E-state index contributed by atoms with van der Waals surface area (Å²) in [6, 6.07) is 0.